The number of nitrogens with zero attached hydrogens (tertiary/aromatic N) is 3. The van der Waals surface area contributed by atoms with Crippen LogP contribution in [0.4, 0.5) is 21.3 Å². The molecule has 1 saturated heterocycles. The Morgan fingerprint density at radius 1 is 0.975 bits per heavy atom. The number of hydrogen-bond acceptors (Lipinski definition) is 6. The fourth-order valence-corrected chi connectivity index (χ4v) is 6.55. The number of hydrogen-bond donors (Lipinski definition) is 3. The molecule has 0 aliphatic carbocycles. The molecule has 0 unspecified atom stereocenters. The fraction of sp³-hybridized carbons (Fsp3) is 0.258. The van der Waals surface area contributed by atoms with Crippen LogP contribution in [-0.2, 0) is 19.5 Å². The van der Waals surface area contributed by atoms with Gasteiger partial charge in [-0.15, -0.1) is 11.3 Å². The van der Waals surface area contributed by atoms with E-state index in [1.54, 1.807) is 29.5 Å². The number of anilines is 3. The minimum Gasteiger partial charge on any atom is -0.399 e. The molecule has 4 aromatic rings. The third kappa shape index (κ3) is 5.85. The lowest BCUT2D eigenvalue weighted by Gasteiger charge is -2.25. The van der Waals surface area contributed by atoms with Crippen LogP contribution >= 0.6 is 11.3 Å². The van der Waals surface area contributed by atoms with Crippen molar-refractivity contribution in [1.29, 1.82) is 0 Å². The molecule has 8 nitrogen and oxygen atoms in total. The molecule has 0 spiro atoms. The second-order valence-corrected chi connectivity index (χ2v) is 11.4. The van der Waals surface area contributed by atoms with Crippen LogP contribution in [0.2, 0.25) is 0 Å². The van der Waals surface area contributed by atoms with Crippen LogP contribution in [-0.4, -0.2) is 39.8 Å². The van der Waals surface area contributed by atoms with Crippen molar-refractivity contribution in [2.24, 2.45) is 0 Å². The number of fused-ring (bicyclic) bond motifs is 1. The molecule has 3 heterocycles. The first kappa shape index (κ1) is 26.0. The van der Waals surface area contributed by atoms with Crippen LogP contribution in [0.1, 0.15) is 50.9 Å². The Hall–Kier alpha value is -4.21. The summed E-state index contributed by atoms with van der Waals surface area (Å²) in [7, 11) is 0. The Labute approximate surface area is 237 Å². The second-order valence-electron chi connectivity index (χ2n) is 10.3. The zero-order chi connectivity index (χ0) is 27.5. The Bertz CT molecular complexity index is 1520. The van der Waals surface area contributed by atoms with Gasteiger partial charge in [-0.2, -0.15) is 0 Å². The Balaban J connectivity index is 1.11. The average molecular weight is 553 g/mol. The van der Waals surface area contributed by atoms with E-state index in [1.165, 1.54) is 10.4 Å². The molecule has 6 rings (SSSR count). The first-order valence-corrected chi connectivity index (χ1v) is 14.4. The maximum Gasteiger partial charge on any atom is 0.322 e. The minimum atomic E-state index is -0.192. The van der Waals surface area contributed by atoms with Gasteiger partial charge in [0.2, 0.25) is 0 Å². The molecule has 0 saturated carbocycles. The first-order chi connectivity index (χ1) is 19.5. The van der Waals surface area contributed by atoms with Gasteiger partial charge in [0.05, 0.1) is 11.7 Å². The zero-order valence-electron chi connectivity index (χ0n) is 22.2. The van der Waals surface area contributed by atoms with E-state index in [4.69, 9.17) is 10.7 Å². The number of aromatic nitrogens is 1. The van der Waals surface area contributed by atoms with Gasteiger partial charge in [0, 0.05) is 54.4 Å². The van der Waals surface area contributed by atoms with E-state index in [0.717, 1.165) is 50.2 Å². The van der Waals surface area contributed by atoms with Crippen LogP contribution in [0.5, 0.6) is 0 Å². The predicted octanol–water partition coefficient (Wildman–Crippen LogP) is 5.90. The summed E-state index contributed by atoms with van der Waals surface area (Å²) in [6.07, 6.45) is 2.62. The van der Waals surface area contributed by atoms with Crippen molar-refractivity contribution >= 4 is 39.8 Å². The number of amides is 3. The second kappa shape index (κ2) is 11.5. The number of nitrogen functional groups attached to an aromatic ring is 1. The van der Waals surface area contributed by atoms with Gasteiger partial charge in [0.25, 0.3) is 5.91 Å². The summed E-state index contributed by atoms with van der Waals surface area (Å²) < 4.78 is 0. The van der Waals surface area contributed by atoms with E-state index in [1.807, 2.05) is 41.3 Å². The lowest BCUT2D eigenvalue weighted by molar-refractivity contribution is 0.102. The lowest BCUT2D eigenvalue weighted by atomic mass is 10.0. The maximum atomic E-state index is 13.2. The highest BCUT2D eigenvalue weighted by Crippen LogP contribution is 2.34. The predicted molar refractivity (Wildman–Crippen MR) is 159 cm³/mol. The van der Waals surface area contributed by atoms with E-state index in [2.05, 4.69) is 39.8 Å². The van der Waals surface area contributed by atoms with E-state index >= 15 is 0 Å². The van der Waals surface area contributed by atoms with Gasteiger partial charge in [0.1, 0.15) is 0 Å². The highest BCUT2D eigenvalue weighted by molar-refractivity contribution is 7.15. The van der Waals surface area contributed by atoms with Gasteiger partial charge in [0.15, 0.2) is 5.13 Å². The SMILES string of the molecule is Nc1cccc(NC(=O)N2CCC[C@@H]2c2cccc(C(=O)Nc3nc4c(s3)CN(Cc3ccccc3)CC4)c2)c1. The quantitative estimate of drug-likeness (QED) is 0.258. The van der Waals surface area contributed by atoms with Gasteiger partial charge >= 0.3 is 6.03 Å². The summed E-state index contributed by atoms with van der Waals surface area (Å²) in [4.78, 5) is 36.5. The van der Waals surface area contributed by atoms with Crippen molar-refractivity contribution in [3.05, 3.63) is 106 Å². The van der Waals surface area contributed by atoms with Crippen LogP contribution < -0.4 is 16.4 Å². The summed E-state index contributed by atoms with van der Waals surface area (Å²) in [6, 6.07) is 24.9. The van der Waals surface area contributed by atoms with E-state index in [9.17, 15) is 9.59 Å². The van der Waals surface area contributed by atoms with E-state index in [-0.39, 0.29) is 18.0 Å². The molecule has 9 heteroatoms. The summed E-state index contributed by atoms with van der Waals surface area (Å²) in [5.41, 5.74) is 11.0. The van der Waals surface area contributed by atoms with Gasteiger partial charge in [-0.05, 0) is 54.3 Å². The first-order valence-electron chi connectivity index (χ1n) is 13.6. The van der Waals surface area contributed by atoms with Crippen LogP contribution in [0, 0.1) is 0 Å². The third-order valence-electron chi connectivity index (χ3n) is 7.46. The lowest BCUT2D eigenvalue weighted by Crippen LogP contribution is -2.34. The zero-order valence-corrected chi connectivity index (χ0v) is 23.0. The molecule has 2 aliphatic rings. The number of nitrogens with one attached hydrogen (secondary N) is 2. The molecule has 1 atom stereocenters. The smallest absolute Gasteiger partial charge is 0.322 e. The van der Waals surface area contributed by atoms with Crippen LogP contribution in [0.15, 0.2) is 78.9 Å². The van der Waals surface area contributed by atoms with Crippen molar-refractivity contribution < 1.29 is 9.59 Å². The molecule has 0 bridgehead atoms. The standard InChI is InChI=1S/C31H32N6O2S/c32-24-11-5-12-25(18-24)33-31(39)37-15-6-13-27(37)22-9-4-10-23(17-22)29(38)35-30-34-26-14-16-36(20-28(26)40-30)19-21-7-2-1-3-8-21/h1-5,7-12,17-18,27H,6,13-16,19-20,32H2,(H,33,39)(H,34,35,38)/t27-/m1/s1. The van der Waals surface area contributed by atoms with Crippen molar-refractivity contribution in [3.8, 4) is 0 Å². The van der Waals surface area contributed by atoms with Crippen LogP contribution in [0.3, 0.4) is 0 Å². The number of likely N-dealkylation sites (tertiary alicyclic amines) is 1. The maximum absolute atomic E-state index is 13.2. The molecule has 3 aromatic carbocycles. The number of carbonyl (C=O) groups is 2. The van der Waals surface area contributed by atoms with Gasteiger partial charge in [-0.1, -0.05) is 48.5 Å². The number of carbonyl (C=O) groups excluding carboxylic acids is 2. The Morgan fingerprint density at radius 3 is 2.67 bits per heavy atom. The molecule has 1 aromatic heterocycles. The average Bonchev–Trinajstić information content (AvgIpc) is 3.61. The molecule has 4 N–H and O–H groups in total. The monoisotopic (exact) mass is 552 g/mol. The molecule has 1 fully saturated rings. The molecule has 204 valence electrons. The highest BCUT2D eigenvalue weighted by atomic mass is 32.1. The minimum absolute atomic E-state index is 0.100. The van der Waals surface area contributed by atoms with Gasteiger partial charge < -0.3 is 16.0 Å². The van der Waals surface area contributed by atoms with Crippen LogP contribution in [0.25, 0.3) is 0 Å². The van der Waals surface area contributed by atoms with Crippen molar-refractivity contribution in [2.75, 3.05) is 29.5 Å². The molecule has 0 radical (unpaired) electrons. The molecular formula is C31H32N6O2S. The summed E-state index contributed by atoms with van der Waals surface area (Å²) in [5.74, 6) is -0.192. The third-order valence-corrected chi connectivity index (χ3v) is 8.46. The van der Waals surface area contributed by atoms with Gasteiger partial charge in [-0.3, -0.25) is 15.0 Å². The largest absolute Gasteiger partial charge is 0.399 e. The topological polar surface area (TPSA) is 104 Å². The molecule has 3 amide bonds. The summed E-state index contributed by atoms with van der Waals surface area (Å²) in [6.45, 7) is 3.34. The number of urea groups is 1. The Kier molecular flexibility index (Phi) is 7.48. The fourth-order valence-electron chi connectivity index (χ4n) is 5.50. The van der Waals surface area contributed by atoms with Crippen molar-refractivity contribution in [1.82, 2.24) is 14.8 Å². The number of thiazole rings is 1. The van der Waals surface area contributed by atoms with E-state index in [0.29, 0.717) is 28.6 Å². The molecule has 2 aliphatic heterocycles. The highest BCUT2D eigenvalue weighted by Gasteiger charge is 2.30. The Morgan fingerprint density at radius 2 is 1.82 bits per heavy atom. The van der Waals surface area contributed by atoms with Crippen molar-refractivity contribution in [3.63, 3.8) is 0 Å². The summed E-state index contributed by atoms with van der Waals surface area (Å²) in [5, 5.41) is 6.60. The number of nitrogens with two attached hydrogens (primary N) is 1. The molecule has 40 heavy (non-hydrogen) atoms. The van der Waals surface area contributed by atoms with Crippen molar-refractivity contribution in [2.45, 2.75) is 38.4 Å². The summed E-state index contributed by atoms with van der Waals surface area (Å²) >= 11 is 1.55. The molecular weight excluding hydrogens is 520 g/mol. The number of rotatable bonds is 6. The van der Waals surface area contributed by atoms with E-state index < -0.39 is 0 Å². The number of benzene rings is 3. The normalized spacial score (nSPS) is 16.9. The van der Waals surface area contributed by atoms with Gasteiger partial charge in [-0.25, -0.2) is 9.78 Å².